The molecule has 5 nitrogen and oxygen atoms in total. The van der Waals surface area contributed by atoms with E-state index < -0.39 is 10.0 Å². The van der Waals surface area contributed by atoms with E-state index in [-0.39, 0.29) is 6.04 Å². The van der Waals surface area contributed by atoms with E-state index >= 15 is 0 Å². The Kier molecular flexibility index (Phi) is 4.67. The quantitative estimate of drug-likeness (QED) is 0.876. The maximum atomic E-state index is 12.4. The first-order valence-electron chi connectivity index (χ1n) is 7.00. The second-order valence-corrected chi connectivity index (χ2v) is 7.23. The number of anilines is 1. The van der Waals surface area contributed by atoms with Crippen LogP contribution in [0.15, 0.2) is 29.2 Å². The molecule has 1 aromatic carbocycles. The van der Waals surface area contributed by atoms with E-state index in [2.05, 4.69) is 21.9 Å². The zero-order valence-electron chi connectivity index (χ0n) is 12.3. The van der Waals surface area contributed by atoms with Crippen molar-refractivity contribution in [3.8, 4) is 0 Å². The van der Waals surface area contributed by atoms with Crippen molar-refractivity contribution >= 4 is 15.7 Å². The SMILES string of the molecule is CC(C)NS(=O)(=O)c1ccccc1N1CCN[C@@H](C)C1. The molecule has 0 unspecified atom stereocenters. The van der Waals surface area contributed by atoms with E-state index in [1.807, 2.05) is 26.0 Å². The predicted molar refractivity (Wildman–Crippen MR) is 81.6 cm³/mol. The summed E-state index contributed by atoms with van der Waals surface area (Å²) in [6, 6.07) is 7.45. The van der Waals surface area contributed by atoms with Gasteiger partial charge in [0.15, 0.2) is 0 Å². The molecule has 20 heavy (non-hydrogen) atoms. The Hall–Kier alpha value is -1.11. The van der Waals surface area contributed by atoms with Gasteiger partial charge in [-0.2, -0.15) is 0 Å². The molecular weight excluding hydrogens is 274 g/mol. The molecule has 0 bridgehead atoms. The van der Waals surface area contributed by atoms with Crippen LogP contribution in [0.5, 0.6) is 0 Å². The topological polar surface area (TPSA) is 61.4 Å². The Balaban J connectivity index is 2.35. The molecule has 1 fully saturated rings. The third-order valence-electron chi connectivity index (χ3n) is 3.26. The van der Waals surface area contributed by atoms with Crippen molar-refractivity contribution in [1.82, 2.24) is 10.0 Å². The molecule has 1 aromatic rings. The summed E-state index contributed by atoms with van der Waals surface area (Å²) in [5.74, 6) is 0. The lowest BCUT2D eigenvalue weighted by molar-refractivity contribution is 0.482. The van der Waals surface area contributed by atoms with E-state index in [0.29, 0.717) is 10.9 Å². The van der Waals surface area contributed by atoms with E-state index in [9.17, 15) is 8.42 Å². The molecule has 1 aliphatic heterocycles. The summed E-state index contributed by atoms with van der Waals surface area (Å²) in [4.78, 5) is 2.50. The predicted octanol–water partition coefficient (Wildman–Crippen LogP) is 1.17. The highest BCUT2D eigenvalue weighted by atomic mass is 32.2. The summed E-state index contributed by atoms with van der Waals surface area (Å²) in [6.07, 6.45) is 0. The molecule has 1 heterocycles. The van der Waals surface area contributed by atoms with Crippen LogP contribution in [0.4, 0.5) is 5.69 Å². The summed E-state index contributed by atoms with van der Waals surface area (Å²) in [7, 11) is -3.47. The summed E-state index contributed by atoms with van der Waals surface area (Å²) in [5, 5.41) is 3.37. The Labute approximate surface area is 121 Å². The molecule has 0 aromatic heterocycles. The number of nitrogens with one attached hydrogen (secondary N) is 2. The fraction of sp³-hybridized carbons (Fsp3) is 0.571. The smallest absolute Gasteiger partial charge is 0.242 e. The largest absolute Gasteiger partial charge is 0.368 e. The number of piperazine rings is 1. The van der Waals surface area contributed by atoms with Gasteiger partial charge in [0.1, 0.15) is 4.90 Å². The summed E-state index contributed by atoms with van der Waals surface area (Å²) in [6.45, 7) is 8.26. The van der Waals surface area contributed by atoms with E-state index in [1.54, 1.807) is 12.1 Å². The van der Waals surface area contributed by atoms with Gasteiger partial charge >= 0.3 is 0 Å². The maximum absolute atomic E-state index is 12.4. The van der Waals surface area contributed by atoms with Crippen molar-refractivity contribution in [2.45, 2.75) is 37.8 Å². The van der Waals surface area contributed by atoms with Crippen molar-refractivity contribution in [3.05, 3.63) is 24.3 Å². The molecule has 0 radical (unpaired) electrons. The normalized spacial score (nSPS) is 20.4. The lowest BCUT2D eigenvalue weighted by Gasteiger charge is -2.34. The molecule has 2 N–H and O–H groups in total. The van der Waals surface area contributed by atoms with Gasteiger partial charge < -0.3 is 10.2 Å². The fourth-order valence-corrected chi connectivity index (χ4v) is 3.95. The minimum absolute atomic E-state index is 0.116. The van der Waals surface area contributed by atoms with Gasteiger partial charge in [0.05, 0.1) is 5.69 Å². The molecule has 0 amide bonds. The minimum Gasteiger partial charge on any atom is -0.368 e. The minimum atomic E-state index is -3.47. The number of benzene rings is 1. The Morgan fingerprint density at radius 3 is 2.70 bits per heavy atom. The highest BCUT2D eigenvalue weighted by Crippen LogP contribution is 2.26. The second-order valence-electron chi connectivity index (χ2n) is 5.54. The summed E-state index contributed by atoms with van der Waals surface area (Å²) >= 11 is 0. The van der Waals surface area contributed by atoms with Crippen LogP contribution < -0.4 is 14.9 Å². The van der Waals surface area contributed by atoms with Crippen molar-refractivity contribution in [2.24, 2.45) is 0 Å². The first-order valence-corrected chi connectivity index (χ1v) is 8.48. The van der Waals surface area contributed by atoms with Crippen LogP contribution in [0, 0.1) is 0 Å². The third-order valence-corrected chi connectivity index (χ3v) is 4.96. The average Bonchev–Trinajstić information content (AvgIpc) is 2.37. The third kappa shape index (κ3) is 3.50. The molecule has 2 rings (SSSR count). The van der Waals surface area contributed by atoms with E-state index in [4.69, 9.17) is 0 Å². The molecule has 6 heteroatoms. The number of nitrogens with zero attached hydrogens (tertiary/aromatic N) is 1. The van der Waals surface area contributed by atoms with Crippen LogP contribution in [-0.4, -0.2) is 40.1 Å². The monoisotopic (exact) mass is 297 g/mol. The molecule has 1 atom stereocenters. The fourth-order valence-electron chi connectivity index (χ4n) is 2.47. The summed E-state index contributed by atoms with van der Waals surface area (Å²) in [5.41, 5.74) is 0.786. The van der Waals surface area contributed by atoms with Crippen LogP contribution in [-0.2, 0) is 10.0 Å². The molecule has 112 valence electrons. The van der Waals surface area contributed by atoms with Gasteiger partial charge in [-0.05, 0) is 32.9 Å². The molecule has 0 saturated carbocycles. The van der Waals surface area contributed by atoms with Crippen molar-refractivity contribution in [3.63, 3.8) is 0 Å². The lowest BCUT2D eigenvalue weighted by Crippen LogP contribution is -2.49. The van der Waals surface area contributed by atoms with Gasteiger partial charge in [0, 0.05) is 31.7 Å². The first kappa shape index (κ1) is 15.3. The van der Waals surface area contributed by atoms with Gasteiger partial charge in [-0.15, -0.1) is 0 Å². The Morgan fingerprint density at radius 2 is 2.05 bits per heavy atom. The number of rotatable bonds is 4. The Bertz CT molecular complexity index is 557. The first-order chi connectivity index (χ1) is 9.40. The second kappa shape index (κ2) is 6.11. The molecule has 1 saturated heterocycles. The standard InChI is InChI=1S/C14H23N3O2S/c1-11(2)16-20(18,19)14-7-5-4-6-13(14)17-9-8-15-12(3)10-17/h4-7,11-12,15-16H,8-10H2,1-3H3/t12-/m0/s1. The van der Waals surface area contributed by atoms with Crippen LogP contribution in [0.1, 0.15) is 20.8 Å². The molecule has 0 aliphatic carbocycles. The van der Waals surface area contributed by atoms with Crippen LogP contribution in [0.25, 0.3) is 0 Å². The highest BCUT2D eigenvalue weighted by molar-refractivity contribution is 7.89. The highest BCUT2D eigenvalue weighted by Gasteiger charge is 2.24. The van der Waals surface area contributed by atoms with Crippen LogP contribution in [0.3, 0.4) is 0 Å². The van der Waals surface area contributed by atoms with Gasteiger partial charge in [-0.25, -0.2) is 13.1 Å². The van der Waals surface area contributed by atoms with Gasteiger partial charge in [-0.1, -0.05) is 12.1 Å². The lowest BCUT2D eigenvalue weighted by atomic mass is 10.2. The molecule has 0 spiro atoms. The van der Waals surface area contributed by atoms with Gasteiger partial charge in [-0.3, -0.25) is 0 Å². The summed E-state index contributed by atoms with van der Waals surface area (Å²) < 4.78 is 27.5. The molecule has 1 aliphatic rings. The average molecular weight is 297 g/mol. The number of hydrogen-bond donors (Lipinski definition) is 2. The van der Waals surface area contributed by atoms with Crippen molar-refractivity contribution in [2.75, 3.05) is 24.5 Å². The van der Waals surface area contributed by atoms with Crippen molar-refractivity contribution in [1.29, 1.82) is 0 Å². The number of sulfonamides is 1. The Morgan fingerprint density at radius 1 is 1.35 bits per heavy atom. The van der Waals surface area contributed by atoms with Gasteiger partial charge in [0.2, 0.25) is 10.0 Å². The maximum Gasteiger partial charge on any atom is 0.242 e. The van der Waals surface area contributed by atoms with E-state index in [0.717, 1.165) is 25.3 Å². The zero-order valence-corrected chi connectivity index (χ0v) is 13.1. The van der Waals surface area contributed by atoms with Crippen molar-refractivity contribution < 1.29 is 8.42 Å². The molecular formula is C14H23N3O2S. The van der Waals surface area contributed by atoms with Crippen LogP contribution in [0.2, 0.25) is 0 Å². The van der Waals surface area contributed by atoms with Crippen LogP contribution >= 0.6 is 0 Å². The number of para-hydroxylation sites is 1. The van der Waals surface area contributed by atoms with E-state index in [1.165, 1.54) is 0 Å². The number of hydrogen-bond acceptors (Lipinski definition) is 4. The van der Waals surface area contributed by atoms with Gasteiger partial charge in [0.25, 0.3) is 0 Å². The zero-order chi connectivity index (χ0) is 14.8.